The molecular formula is C14H13N3O2. The van der Waals surface area contributed by atoms with Gasteiger partial charge in [-0.2, -0.15) is 0 Å². The lowest BCUT2D eigenvalue weighted by Crippen LogP contribution is -2.01. The summed E-state index contributed by atoms with van der Waals surface area (Å²) in [6.45, 7) is 1.91. The van der Waals surface area contributed by atoms with E-state index in [0.29, 0.717) is 5.69 Å². The van der Waals surface area contributed by atoms with Gasteiger partial charge in [-0.1, -0.05) is 18.2 Å². The van der Waals surface area contributed by atoms with Crippen molar-refractivity contribution >= 4 is 22.6 Å². The highest BCUT2D eigenvalue weighted by Crippen LogP contribution is 2.35. The number of carboxylic acid groups (broad SMARTS) is 1. The molecule has 96 valence electrons. The van der Waals surface area contributed by atoms with E-state index in [1.807, 2.05) is 31.2 Å². The Hall–Kier alpha value is -2.69. The number of nitrogen functional groups attached to an aromatic ring is 1. The summed E-state index contributed by atoms with van der Waals surface area (Å²) in [5.41, 5.74) is 9.35. The SMILES string of the molecule is Cc1[nH]c2ccccc2c1-c1[nH]cc(N)c1C(=O)O. The van der Waals surface area contributed by atoms with Gasteiger partial charge in [-0.05, 0) is 13.0 Å². The van der Waals surface area contributed by atoms with Gasteiger partial charge in [0.2, 0.25) is 0 Å². The number of benzene rings is 1. The van der Waals surface area contributed by atoms with Gasteiger partial charge in [-0.15, -0.1) is 0 Å². The number of fused-ring (bicyclic) bond motifs is 1. The Kier molecular flexibility index (Phi) is 2.35. The standard InChI is InChI=1S/C14H13N3O2/c1-7-11(8-4-2-3-5-10(8)17-7)13-12(14(18)19)9(15)6-16-13/h2-6,16-17H,15H2,1H3,(H,18,19). The smallest absolute Gasteiger partial charge is 0.340 e. The van der Waals surface area contributed by atoms with E-state index >= 15 is 0 Å². The van der Waals surface area contributed by atoms with Crippen LogP contribution in [0.25, 0.3) is 22.2 Å². The number of carboxylic acids is 1. The van der Waals surface area contributed by atoms with Gasteiger partial charge in [-0.25, -0.2) is 4.79 Å². The number of anilines is 1. The summed E-state index contributed by atoms with van der Waals surface area (Å²) in [6, 6.07) is 7.77. The predicted octanol–water partition coefficient (Wildman–Crippen LogP) is 2.75. The largest absolute Gasteiger partial charge is 0.478 e. The molecule has 0 atom stereocenters. The summed E-state index contributed by atoms with van der Waals surface area (Å²) in [4.78, 5) is 17.5. The monoisotopic (exact) mass is 255 g/mol. The normalized spacial score (nSPS) is 11.0. The second kappa shape index (κ2) is 3.91. The molecule has 3 aromatic rings. The molecule has 0 aliphatic carbocycles. The van der Waals surface area contributed by atoms with Crippen LogP contribution in [0.15, 0.2) is 30.5 Å². The summed E-state index contributed by atoms with van der Waals surface area (Å²) in [5.74, 6) is -1.03. The van der Waals surface area contributed by atoms with Gasteiger partial charge < -0.3 is 20.8 Å². The van der Waals surface area contributed by atoms with E-state index < -0.39 is 5.97 Å². The molecule has 0 saturated heterocycles. The van der Waals surface area contributed by atoms with Crippen LogP contribution in [0.2, 0.25) is 0 Å². The van der Waals surface area contributed by atoms with Crippen molar-refractivity contribution in [3.8, 4) is 11.3 Å². The number of hydrogen-bond donors (Lipinski definition) is 4. The van der Waals surface area contributed by atoms with Crippen LogP contribution in [-0.2, 0) is 0 Å². The molecule has 3 rings (SSSR count). The highest BCUT2D eigenvalue weighted by Gasteiger charge is 2.21. The molecular weight excluding hydrogens is 242 g/mol. The third kappa shape index (κ3) is 1.59. The first-order valence-electron chi connectivity index (χ1n) is 5.87. The predicted molar refractivity (Wildman–Crippen MR) is 74.2 cm³/mol. The molecule has 0 spiro atoms. The molecule has 5 N–H and O–H groups in total. The number of aryl methyl sites for hydroxylation is 1. The number of nitrogens with two attached hydrogens (primary N) is 1. The lowest BCUT2D eigenvalue weighted by Gasteiger charge is -2.02. The van der Waals surface area contributed by atoms with Crippen LogP contribution in [0.1, 0.15) is 16.1 Å². The Morgan fingerprint density at radius 1 is 1.32 bits per heavy atom. The van der Waals surface area contributed by atoms with Gasteiger partial charge in [0, 0.05) is 28.4 Å². The van der Waals surface area contributed by atoms with Crippen LogP contribution in [0, 0.1) is 6.92 Å². The van der Waals surface area contributed by atoms with Crippen molar-refractivity contribution in [2.24, 2.45) is 0 Å². The lowest BCUT2D eigenvalue weighted by atomic mass is 10.0. The summed E-state index contributed by atoms with van der Waals surface area (Å²) < 4.78 is 0. The number of aromatic nitrogens is 2. The molecule has 5 heteroatoms. The highest BCUT2D eigenvalue weighted by atomic mass is 16.4. The molecule has 0 fully saturated rings. The fourth-order valence-corrected chi connectivity index (χ4v) is 2.46. The highest BCUT2D eigenvalue weighted by molar-refractivity contribution is 6.06. The maximum Gasteiger partial charge on any atom is 0.340 e. The molecule has 0 radical (unpaired) electrons. The van der Waals surface area contributed by atoms with Gasteiger partial charge in [0.1, 0.15) is 5.56 Å². The van der Waals surface area contributed by atoms with Crippen molar-refractivity contribution in [3.05, 3.63) is 41.7 Å². The van der Waals surface area contributed by atoms with Crippen LogP contribution in [-0.4, -0.2) is 21.0 Å². The molecule has 0 bridgehead atoms. The second-order valence-electron chi connectivity index (χ2n) is 4.47. The van der Waals surface area contributed by atoms with Gasteiger partial charge >= 0.3 is 5.97 Å². The number of H-pyrrole nitrogens is 2. The maximum atomic E-state index is 11.3. The Morgan fingerprint density at radius 3 is 2.79 bits per heavy atom. The van der Waals surface area contributed by atoms with Crippen molar-refractivity contribution in [3.63, 3.8) is 0 Å². The molecule has 2 heterocycles. The zero-order chi connectivity index (χ0) is 13.6. The summed E-state index contributed by atoms with van der Waals surface area (Å²) >= 11 is 0. The number of nitrogens with one attached hydrogen (secondary N) is 2. The second-order valence-corrected chi connectivity index (χ2v) is 4.47. The number of hydrogen-bond acceptors (Lipinski definition) is 2. The lowest BCUT2D eigenvalue weighted by molar-refractivity contribution is 0.0699. The Bertz CT molecular complexity index is 783. The van der Waals surface area contributed by atoms with E-state index in [2.05, 4.69) is 9.97 Å². The van der Waals surface area contributed by atoms with E-state index in [1.54, 1.807) is 0 Å². The first-order chi connectivity index (χ1) is 9.09. The zero-order valence-corrected chi connectivity index (χ0v) is 10.3. The molecule has 0 unspecified atom stereocenters. The Balaban J connectivity index is 2.37. The average molecular weight is 255 g/mol. The number of aromatic amines is 2. The van der Waals surface area contributed by atoms with Crippen molar-refractivity contribution < 1.29 is 9.90 Å². The van der Waals surface area contributed by atoms with E-state index in [4.69, 9.17) is 5.73 Å². The number of aromatic carboxylic acids is 1. The summed E-state index contributed by atoms with van der Waals surface area (Å²) in [6.07, 6.45) is 1.51. The maximum absolute atomic E-state index is 11.3. The van der Waals surface area contributed by atoms with Crippen LogP contribution < -0.4 is 5.73 Å². The zero-order valence-electron chi connectivity index (χ0n) is 10.3. The van der Waals surface area contributed by atoms with Gasteiger partial charge in [-0.3, -0.25) is 0 Å². The molecule has 5 nitrogen and oxygen atoms in total. The van der Waals surface area contributed by atoms with Gasteiger partial charge in [0.15, 0.2) is 0 Å². The number of carbonyl (C=O) groups is 1. The van der Waals surface area contributed by atoms with E-state index in [-0.39, 0.29) is 11.3 Å². The summed E-state index contributed by atoms with van der Waals surface area (Å²) in [5, 5.41) is 10.3. The summed E-state index contributed by atoms with van der Waals surface area (Å²) in [7, 11) is 0. The molecule has 19 heavy (non-hydrogen) atoms. The minimum Gasteiger partial charge on any atom is -0.478 e. The third-order valence-corrected chi connectivity index (χ3v) is 3.27. The molecule has 0 saturated carbocycles. The molecule has 0 aliphatic heterocycles. The van der Waals surface area contributed by atoms with Crippen molar-refractivity contribution in [2.75, 3.05) is 5.73 Å². The first-order valence-corrected chi connectivity index (χ1v) is 5.87. The van der Waals surface area contributed by atoms with E-state index in [9.17, 15) is 9.90 Å². The fraction of sp³-hybridized carbons (Fsp3) is 0.0714. The number of rotatable bonds is 2. The number of para-hydroxylation sites is 1. The van der Waals surface area contributed by atoms with Crippen LogP contribution in [0.3, 0.4) is 0 Å². The van der Waals surface area contributed by atoms with Crippen molar-refractivity contribution in [2.45, 2.75) is 6.92 Å². The van der Waals surface area contributed by atoms with Crippen molar-refractivity contribution in [1.82, 2.24) is 9.97 Å². The molecule has 0 aliphatic rings. The van der Waals surface area contributed by atoms with E-state index in [1.165, 1.54) is 6.20 Å². The van der Waals surface area contributed by atoms with Gasteiger partial charge in [0.25, 0.3) is 0 Å². The third-order valence-electron chi connectivity index (χ3n) is 3.27. The molecule has 0 amide bonds. The van der Waals surface area contributed by atoms with E-state index in [0.717, 1.165) is 22.2 Å². The minimum absolute atomic E-state index is 0.118. The molecule has 2 aromatic heterocycles. The fourth-order valence-electron chi connectivity index (χ4n) is 2.46. The van der Waals surface area contributed by atoms with Crippen molar-refractivity contribution in [1.29, 1.82) is 0 Å². The first kappa shape index (κ1) is 11.4. The Labute approximate surface area is 109 Å². The van der Waals surface area contributed by atoms with Gasteiger partial charge in [0.05, 0.1) is 11.4 Å². The topological polar surface area (TPSA) is 94.9 Å². The van der Waals surface area contributed by atoms with Crippen LogP contribution in [0.4, 0.5) is 5.69 Å². The Morgan fingerprint density at radius 2 is 2.05 bits per heavy atom. The van der Waals surface area contributed by atoms with Crippen LogP contribution >= 0.6 is 0 Å². The minimum atomic E-state index is -1.03. The van der Waals surface area contributed by atoms with Crippen LogP contribution in [0.5, 0.6) is 0 Å². The quantitative estimate of drug-likeness (QED) is 0.567. The average Bonchev–Trinajstić information content (AvgIpc) is 2.88. The molecule has 1 aromatic carbocycles.